The molecule has 2 aliphatic rings. The average Bonchev–Trinajstić information content (AvgIpc) is 3.06. The van der Waals surface area contributed by atoms with Gasteiger partial charge in [0.1, 0.15) is 5.75 Å². The van der Waals surface area contributed by atoms with Crippen molar-refractivity contribution in [3.8, 4) is 5.75 Å². The zero-order valence-electron chi connectivity index (χ0n) is 27.9. The minimum Gasteiger partial charge on any atom is -0.490 e. The first kappa shape index (κ1) is 35.2. The Morgan fingerprint density at radius 3 is 2.46 bits per heavy atom. The first-order valence-electron chi connectivity index (χ1n) is 16.9. The lowest BCUT2D eigenvalue weighted by Gasteiger charge is -2.36. The average molecular weight is 637 g/mol. The summed E-state index contributed by atoms with van der Waals surface area (Å²) in [4.78, 5) is 43.7. The molecule has 4 rings (SSSR count). The van der Waals surface area contributed by atoms with Crippen molar-refractivity contribution in [1.82, 2.24) is 15.1 Å². The van der Waals surface area contributed by atoms with Gasteiger partial charge in [0.2, 0.25) is 0 Å². The van der Waals surface area contributed by atoms with Gasteiger partial charge in [0.25, 0.3) is 11.8 Å². The number of ether oxygens (including phenoxy) is 2. The van der Waals surface area contributed by atoms with Gasteiger partial charge in [-0.1, -0.05) is 44.4 Å². The molecule has 10 nitrogen and oxygen atoms in total. The molecule has 0 spiro atoms. The van der Waals surface area contributed by atoms with E-state index in [1.807, 2.05) is 19.9 Å². The van der Waals surface area contributed by atoms with Crippen LogP contribution in [0.4, 0.5) is 10.5 Å². The van der Waals surface area contributed by atoms with E-state index in [9.17, 15) is 19.5 Å². The van der Waals surface area contributed by atoms with E-state index in [2.05, 4.69) is 10.6 Å². The maximum absolute atomic E-state index is 14.3. The van der Waals surface area contributed by atoms with Gasteiger partial charge >= 0.3 is 6.03 Å². The van der Waals surface area contributed by atoms with Crippen LogP contribution in [0.25, 0.3) is 0 Å². The summed E-state index contributed by atoms with van der Waals surface area (Å²) in [6, 6.07) is 13.6. The molecular weight excluding hydrogens is 584 g/mol. The molecule has 0 unspecified atom stereocenters. The van der Waals surface area contributed by atoms with Crippen LogP contribution in [0.5, 0.6) is 5.75 Å². The molecule has 10 heteroatoms. The van der Waals surface area contributed by atoms with Crippen molar-refractivity contribution in [1.29, 1.82) is 0 Å². The predicted octanol–water partition coefficient (Wildman–Crippen LogP) is 5.71. The third kappa shape index (κ3) is 9.93. The SMILES string of the molecule is C[C@@H]1CN([C@@H](C)CO)C(=O)c2cc(NC(=O)c3ccccc3)ccc2O[C@@H](C)CCCCO[C@@H]1CN(C)C(=O)NC1CCCCC1. The minimum absolute atomic E-state index is 0.108. The number of likely N-dealkylation sites (N-methyl/N-ethyl adjacent to an activating group) is 1. The van der Waals surface area contributed by atoms with Crippen molar-refractivity contribution in [2.24, 2.45) is 5.92 Å². The van der Waals surface area contributed by atoms with Gasteiger partial charge in [0.15, 0.2) is 0 Å². The maximum atomic E-state index is 14.3. The molecule has 0 aromatic heterocycles. The number of nitrogens with one attached hydrogen (secondary N) is 2. The number of nitrogens with zero attached hydrogens (tertiary/aromatic N) is 2. The summed E-state index contributed by atoms with van der Waals surface area (Å²) >= 11 is 0. The third-order valence-corrected chi connectivity index (χ3v) is 9.08. The first-order valence-corrected chi connectivity index (χ1v) is 16.9. The lowest BCUT2D eigenvalue weighted by atomic mass is 9.96. The van der Waals surface area contributed by atoms with E-state index in [0.29, 0.717) is 42.3 Å². The van der Waals surface area contributed by atoms with Crippen LogP contribution in [-0.2, 0) is 4.74 Å². The number of carbonyl (C=O) groups excluding carboxylic acids is 3. The summed E-state index contributed by atoms with van der Waals surface area (Å²) in [7, 11) is 1.79. The number of carbonyl (C=O) groups is 3. The summed E-state index contributed by atoms with van der Waals surface area (Å²) < 4.78 is 12.7. The van der Waals surface area contributed by atoms with Gasteiger partial charge in [-0.25, -0.2) is 4.79 Å². The van der Waals surface area contributed by atoms with Gasteiger partial charge < -0.3 is 35.0 Å². The molecule has 3 N–H and O–H groups in total. The van der Waals surface area contributed by atoms with E-state index in [4.69, 9.17) is 9.47 Å². The second kappa shape index (κ2) is 17.3. The van der Waals surface area contributed by atoms with E-state index < -0.39 is 6.04 Å². The van der Waals surface area contributed by atoms with Crippen LogP contribution in [0.2, 0.25) is 0 Å². The number of urea groups is 1. The van der Waals surface area contributed by atoms with Crippen LogP contribution >= 0.6 is 0 Å². The molecule has 4 atom stereocenters. The molecule has 4 amide bonds. The number of hydrogen-bond acceptors (Lipinski definition) is 6. The van der Waals surface area contributed by atoms with Crippen molar-refractivity contribution in [3.05, 3.63) is 59.7 Å². The molecule has 1 saturated carbocycles. The fourth-order valence-electron chi connectivity index (χ4n) is 6.14. The van der Waals surface area contributed by atoms with E-state index in [1.165, 1.54) is 6.42 Å². The highest BCUT2D eigenvalue weighted by atomic mass is 16.5. The molecule has 1 heterocycles. The number of aliphatic hydroxyl groups excluding tert-OH is 1. The highest BCUT2D eigenvalue weighted by Crippen LogP contribution is 2.29. The topological polar surface area (TPSA) is 120 Å². The van der Waals surface area contributed by atoms with Crippen molar-refractivity contribution in [2.45, 2.75) is 96.4 Å². The van der Waals surface area contributed by atoms with Gasteiger partial charge in [-0.15, -0.1) is 0 Å². The van der Waals surface area contributed by atoms with E-state index >= 15 is 0 Å². The van der Waals surface area contributed by atoms with Crippen LogP contribution in [0.15, 0.2) is 48.5 Å². The highest BCUT2D eigenvalue weighted by Gasteiger charge is 2.31. The molecule has 1 aliphatic heterocycles. The van der Waals surface area contributed by atoms with E-state index in [-0.39, 0.29) is 48.6 Å². The Hall–Kier alpha value is -3.63. The van der Waals surface area contributed by atoms with E-state index in [0.717, 1.165) is 44.9 Å². The quantitative estimate of drug-likeness (QED) is 0.358. The Labute approximate surface area is 273 Å². The fourth-order valence-corrected chi connectivity index (χ4v) is 6.14. The molecule has 1 fully saturated rings. The second-order valence-electron chi connectivity index (χ2n) is 13.0. The summed E-state index contributed by atoms with van der Waals surface area (Å²) in [5, 5.41) is 16.3. The number of anilines is 1. The van der Waals surface area contributed by atoms with Crippen molar-refractivity contribution in [3.63, 3.8) is 0 Å². The number of amides is 4. The van der Waals surface area contributed by atoms with Gasteiger partial charge in [0.05, 0.1) is 30.4 Å². The third-order valence-electron chi connectivity index (χ3n) is 9.08. The van der Waals surface area contributed by atoms with Crippen LogP contribution < -0.4 is 15.4 Å². The number of rotatable bonds is 7. The standard InChI is InChI=1S/C36H52N4O6/c1-25-22-40(26(2)24-41)35(43)31-21-30(37-34(42)28-14-7-5-8-15-28)18-19-32(31)46-27(3)13-11-12-20-45-33(25)23-39(4)36(44)38-29-16-9-6-10-17-29/h5,7-8,14-15,18-19,21,25-27,29,33,41H,6,9-13,16-17,20,22-24H2,1-4H3,(H,37,42)(H,38,44)/t25-,26+,27+,33-/m1/s1. The highest BCUT2D eigenvalue weighted by molar-refractivity contribution is 6.05. The molecule has 0 bridgehead atoms. The molecular formula is C36H52N4O6. The van der Waals surface area contributed by atoms with Gasteiger partial charge in [-0.05, 0) is 76.3 Å². The van der Waals surface area contributed by atoms with E-state index in [1.54, 1.807) is 66.2 Å². The molecule has 46 heavy (non-hydrogen) atoms. The van der Waals surface area contributed by atoms with Crippen molar-refractivity contribution >= 4 is 23.5 Å². The maximum Gasteiger partial charge on any atom is 0.317 e. The summed E-state index contributed by atoms with van der Waals surface area (Å²) in [5.41, 5.74) is 1.28. The Morgan fingerprint density at radius 1 is 1.02 bits per heavy atom. The minimum atomic E-state index is -0.497. The molecule has 1 aliphatic carbocycles. The number of aliphatic hydroxyl groups is 1. The zero-order valence-corrected chi connectivity index (χ0v) is 27.9. The molecule has 0 saturated heterocycles. The summed E-state index contributed by atoms with van der Waals surface area (Å²) in [6.45, 7) is 6.77. The van der Waals surface area contributed by atoms with Crippen LogP contribution in [0, 0.1) is 5.92 Å². The Balaban J connectivity index is 1.58. The van der Waals surface area contributed by atoms with Gasteiger partial charge in [-0.2, -0.15) is 0 Å². The van der Waals surface area contributed by atoms with Crippen molar-refractivity contribution < 1.29 is 29.0 Å². The van der Waals surface area contributed by atoms with Gasteiger partial charge in [0, 0.05) is 50.0 Å². The monoisotopic (exact) mass is 636 g/mol. The molecule has 2 aromatic carbocycles. The Bertz CT molecular complexity index is 1280. The number of benzene rings is 2. The van der Waals surface area contributed by atoms with Gasteiger partial charge in [-0.3, -0.25) is 9.59 Å². The smallest absolute Gasteiger partial charge is 0.317 e. The largest absolute Gasteiger partial charge is 0.490 e. The number of fused-ring (bicyclic) bond motifs is 1. The lowest BCUT2D eigenvalue weighted by Crippen LogP contribution is -2.50. The van der Waals surface area contributed by atoms with Crippen molar-refractivity contribution in [2.75, 3.05) is 38.7 Å². The molecule has 252 valence electrons. The first-order chi connectivity index (χ1) is 22.2. The molecule has 0 radical (unpaired) electrons. The lowest BCUT2D eigenvalue weighted by molar-refractivity contribution is -0.0123. The summed E-state index contributed by atoms with van der Waals surface area (Å²) in [5.74, 6) is -0.323. The Kier molecular flexibility index (Phi) is 13.3. The summed E-state index contributed by atoms with van der Waals surface area (Å²) in [6.07, 6.45) is 7.50. The zero-order chi connectivity index (χ0) is 33.1. The van der Waals surface area contributed by atoms with Crippen LogP contribution in [0.3, 0.4) is 0 Å². The number of hydrogen-bond donors (Lipinski definition) is 3. The fraction of sp³-hybridized carbons (Fsp3) is 0.583. The van der Waals surface area contributed by atoms with Crippen LogP contribution in [0.1, 0.15) is 92.9 Å². The van der Waals surface area contributed by atoms with Crippen LogP contribution in [-0.4, -0.2) is 90.4 Å². The molecule has 2 aromatic rings. The second-order valence-corrected chi connectivity index (χ2v) is 13.0. The Morgan fingerprint density at radius 2 is 1.74 bits per heavy atom. The predicted molar refractivity (Wildman–Crippen MR) is 179 cm³/mol. The normalized spacial score (nSPS) is 22.5.